The zero-order valence-electron chi connectivity index (χ0n) is 12.3. The Morgan fingerprint density at radius 3 is 2.70 bits per heavy atom. The lowest BCUT2D eigenvalue weighted by Gasteiger charge is -2.23. The van der Waals surface area contributed by atoms with Crippen LogP contribution in [0.1, 0.15) is 26.5 Å². The second-order valence-corrected chi connectivity index (χ2v) is 4.98. The van der Waals surface area contributed by atoms with Crippen LogP contribution in [0.2, 0.25) is 0 Å². The summed E-state index contributed by atoms with van der Waals surface area (Å²) in [7, 11) is 0. The summed E-state index contributed by atoms with van der Waals surface area (Å²) < 4.78 is 11.1. The van der Waals surface area contributed by atoms with E-state index in [2.05, 4.69) is 11.8 Å². The maximum Gasteiger partial charge on any atom is 0.144 e. The quantitative estimate of drug-likeness (QED) is 0.816. The Bertz CT molecular complexity index is 535. The third-order valence-electron chi connectivity index (χ3n) is 3.03. The number of nitrogens with two attached hydrogens (primary N) is 1. The Morgan fingerprint density at radius 2 is 2.10 bits per heavy atom. The Morgan fingerprint density at radius 1 is 1.30 bits per heavy atom. The van der Waals surface area contributed by atoms with Crippen LogP contribution in [0.15, 0.2) is 41.0 Å². The molecule has 4 heteroatoms. The first-order chi connectivity index (χ1) is 9.60. The van der Waals surface area contributed by atoms with Crippen LogP contribution in [0.25, 0.3) is 0 Å². The van der Waals surface area contributed by atoms with Gasteiger partial charge in [-0.05, 0) is 45.0 Å². The SMILES string of the molecule is CCN(Cc1ccco1)c1ccc(N)c(OC(C)C)c1. The molecular formula is C16H22N2O2. The van der Waals surface area contributed by atoms with Gasteiger partial charge in [-0.1, -0.05) is 0 Å². The molecule has 0 radical (unpaired) electrons. The molecule has 0 aliphatic heterocycles. The minimum Gasteiger partial charge on any atom is -0.489 e. The summed E-state index contributed by atoms with van der Waals surface area (Å²) in [6.45, 7) is 7.71. The van der Waals surface area contributed by atoms with Crippen molar-refractivity contribution in [2.24, 2.45) is 0 Å². The van der Waals surface area contributed by atoms with E-state index >= 15 is 0 Å². The van der Waals surface area contributed by atoms with Crippen LogP contribution in [-0.4, -0.2) is 12.6 Å². The zero-order valence-corrected chi connectivity index (χ0v) is 12.3. The average Bonchev–Trinajstić information content (AvgIpc) is 2.91. The molecule has 0 fully saturated rings. The second kappa shape index (κ2) is 6.37. The molecule has 4 nitrogen and oxygen atoms in total. The van der Waals surface area contributed by atoms with Crippen molar-refractivity contribution in [1.29, 1.82) is 0 Å². The summed E-state index contributed by atoms with van der Waals surface area (Å²) in [5.41, 5.74) is 7.69. The lowest BCUT2D eigenvalue weighted by atomic mass is 10.2. The highest BCUT2D eigenvalue weighted by Gasteiger charge is 2.11. The fourth-order valence-electron chi connectivity index (χ4n) is 2.05. The first-order valence-corrected chi connectivity index (χ1v) is 6.93. The largest absolute Gasteiger partial charge is 0.489 e. The number of hydrogen-bond donors (Lipinski definition) is 1. The summed E-state index contributed by atoms with van der Waals surface area (Å²) in [5, 5.41) is 0. The van der Waals surface area contributed by atoms with Gasteiger partial charge in [-0.3, -0.25) is 0 Å². The molecule has 2 N–H and O–H groups in total. The minimum absolute atomic E-state index is 0.104. The second-order valence-electron chi connectivity index (χ2n) is 4.98. The third-order valence-corrected chi connectivity index (χ3v) is 3.03. The number of furan rings is 1. The number of benzene rings is 1. The minimum atomic E-state index is 0.104. The number of ether oxygens (including phenoxy) is 1. The van der Waals surface area contributed by atoms with Gasteiger partial charge in [-0.15, -0.1) is 0 Å². The van der Waals surface area contributed by atoms with Crippen molar-refractivity contribution in [3.63, 3.8) is 0 Å². The van der Waals surface area contributed by atoms with E-state index in [-0.39, 0.29) is 6.10 Å². The van der Waals surface area contributed by atoms with Gasteiger partial charge in [0.25, 0.3) is 0 Å². The first kappa shape index (κ1) is 14.3. The molecule has 0 atom stereocenters. The van der Waals surface area contributed by atoms with E-state index in [9.17, 15) is 0 Å². The van der Waals surface area contributed by atoms with Crippen LogP contribution >= 0.6 is 0 Å². The molecular weight excluding hydrogens is 252 g/mol. The van der Waals surface area contributed by atoms with Gasteiger partial charge in [-0.2, -0.15) is 0 Å². The topological polar surface area (TPSA) is 51.6 Å². The van der Waals surface area contributed by atoms with Gasteiger partial charge >= 0.3 is 0 Å². The van der Waals surface area contributed by atoms with E-state index < -0.39 is 0 Å². The fraction of sp³-hybridized carbons (Fsp3) is 0.375. The van der Waals surface area contributed by atoms with Crippen molar-refractivity contribution in [2.45, 2.75) is 33.4 Å². The Hall–Kier alpha value is -2.10. The fourth-order valence-corrected chi connectivity index (χ4v) is 2.05. The van der Waals surface area contributed by atoms with Crippen LogP contribution in [-0.2, 0) is 6.54 Å². The van der Waals surface area contributed by atoms with Crippen LogP contribution < -0.4 is 15.4 Å². The van der Waals surface area contributed by atoms with Crippen molar-refractivity contribution < 1.29 is 9.15 Å². The van der Waals surface area contributed by atoms with E-state index in [4.69, 9.17) is 14.9 Å². The molecule has 108 valence electrons. The zero-order chi connectivity index (χ0) is 14.5. The van der Waals surface area contributed by atoms with E-state index in [0.717, 1.165) is 30.3 Å². The summed E-state index contributed by atoms with van der Waals surface area (Å²) >= 11 is 0. The lowest BCUT2D eigenvalue weighted by Crippen LogP contribution is -2.22. The van der Waals surface area contributed by atoms with Crippen molar-refractivity contribution in [3.05, 3.63) is 42.4 Å². The van der Waals surface area contributed by atoms with Crippen LogP contribution in [0.4, 0.5) is 11.4 Å². The number of rotatable bonds is 6. The molecule has 0 saturated carbocycles. The molecule has 1 aromatic heterocycles. The van der Waals surface area contributed by atoms with Crippen LogP contribution in [0.5, 0.6) is 5.75 Å². The van der Waals surface area contributed by atoms with Gasteiger partial charge in [0, 0.05) is 18.3 Å². The lowest BCUT2D eigenvalue weighted by molar-refractivity contribution is 0.244. The smallest absolute Gasteiger partial charge is 0.144 e. The van der Waals surface area contributed by atoms with E-state index in [1.165, 1.54) is 0 Å². The predicted molar refractivity (Wildman–Crippen MR) is 82.1 cm³/mol. The van der Waals surface area contributed by atoms with Crippen LogP contribution in [0, 0.1) is 0 Å². The highest BCUT2D eigenvalue weighted by atomic mass is 16.5. The number of hydrogen-bond acceptors (Lipinski definition) is 4. The van der Waals surface area contributed by atoms with Gasteiger partial charge in [0.1, 0.15) is 11.5 Å². The molecule has 0 saturated heterocycles. The average molecular weight is 274 g/mol. The van der Waals surface area contributed by atoms with E-state index in [0.29, 0.717) is 5.69 Å². The normalized spacial score (nSPS) is 10.8. The van der Waals surface area contributed by atoms with Gasteiger partial charge in [0.05, 0.1) is 24.6 Å². The molecule has 0 bridgehead atoms. The highest BCUT2D eigenvalue weighted by molar-refractivity contribution is 5.62. The Kier molecular flexibility index (Phi) is 4.56. The standard InChI is InChI=1S/C16H22N2O2/c1-4-18(11-14-6-5-9-19-14)13-7-8-15(17)16(10-13)20-12(2)3/h5-10,12H,4,11,17H2,1-3H3. The van der Waals surface area contributed by atoms with Gasteiger partial charge in [0.2, 0.25) is 0 Å². The number of anilines is 2. The number of nitrogen functional groups attached to an aromatic ring is 1. The molecule has 0 unspecified atom stereocenters. The first-order valence-electron chi connectivity index (χ1n) is 6.93. The Labute approximate surface area is 120 Å². The molecule has 0 aliphatic rings. The van der Waals surface area contributed by atoms with Gasteiger partial charge < -0.3 is 19.8 Å². The maximum atomic E-state index is 5.95. The summed E-state index contributed by atoms with van der Waals surface area (Å²) in [6.07, 6.45) is 1.80. The van der Waals surface area contributed by atoms with Crippen molar-refractivity contribution >= 4 is 11.4 Å². The summed E-state index contributed by atoms with van der Waals surface area (Å²) in [5.74, 6) is 1.67. The summed E-state index contributed by atoms with van der Waals surface area (Å²) in [6, 6.07) is 9.76. The monoisotopic (exact) mass is 274 g/mol. The molecule has 20 heavy (non-hydrogen) atoms. The van der Waals surface area contributed by atoms with Crippen LogP contribution in [0.3, 0.4) is 0 Å². The molecule has 1 aromatic carbocycles. The third kappa shape index (κ3) is 3.47. The van der Waals surface area contributed by atoms with E-state index in [1.54, 1.807) is 6.26 Å². The molecule has 2 rings (SSSR count). The van der Waals surface area contributed by atoms with E-state index in [1.807, 2.05) is 44.2 Å². The molecule has 2 aromatic rings. The molecule has 1 heterocycles. The predicted octanol–water partition coefficient (Wildman–Crippen LogP) is 3.68. The van der Waals surface area contributed by atoms with Crippen molar-refractivity contribution in [3.8, 4) is 5.75 Å². The van der Waals surface area contributed by atoms with Crippen molar-refractivity contribution in [2.75, 3.05) is 17.2 Å². The van der Waals surface area contributed by atoms with Crippen molar-refractivity contribution in [1.82, 2.24) is 0 Å². The molecule has 0 aliphatic carbocycles. The maximum absolute atomic E-state index is 5.95. The van der Waals surface area contributed by atoms with Gasteiger partial charge in [0.15, 0.2) is 0 Å². The highest BCUT2D eigenvalue weighted by Crippen LogP contribution is 2.29. The molecule has 0 spiro atoms. The number of nitrogens with zero attached hydrogens (tertiary/aromatic N) is 1. The molecule has 0 amide bonds. The Balaban J connectivity index is 2.21. The summed E-state index contributed by atoms with van der Waals surface area (Å²) in [4.78, 5) is 2.21. The van der Waals surface area contributed by atoms with Gasteiger partial charge in [-0.25, -0.2) is 0 Å².